The Bertz CT molecular complexity index is 964. The van der Waals surface area contributed by atoms with E-state index in [-0.39, 0.29) is 11.8 Å². The topological polar surface area (TPSA) is 62.3 Å². The van der Waals surface area contributed by atoms with E-state index in [4.69, 9.17) is 0 Å². The van der Waals surface area contributed by atoms with Crippen LogP contribution in [0, 0.1) is 6.92 Å². The maximum absolute atomic E-state index is 12.9. The number of thiophene rings is 1. The summed E-state index contributed by atoms with van der Waals surface area (Å²) in [5.74, 6) is -0.175. The molecule has 144 valence electrons. The molecule has 2 aromatic heterocycles. The Morgan fingerprint density at radius 3 is 2.64 bits per heavy atom. The summed E-state index contributed by atoms with van der Waals surface area (Å²) in [6.07, 6.45) is 2.58. The van der Waals surface area contributed by atoms with Crippen molar-refractivity contribution in [3.05, 3.63) is 57.0 Å². The van der Waals surface area contributed by atoms with Crippen molar-refractivity contribution in [3.8, 4) is 11.3 Å². The predicted octanol–water partition coefficient (Wildman–Crippen LogP) is 4.81. The molecule has 1 N–H and O–H groups in total. The molecule has 1 aliphatic heterocycles. The fourth-order valence-corrected chi connectivity index (χ4v) is 4.74. The van der Waals surface area contributed by atoms with Gasteiger partial charge in [0.25, 0.3) is 5.91 Å². The first-order chi connectivity index (χ1) is 13.6. The van der Waals surface area contributed by atoms with Crippen LogP contribution in [0.25, 0.3) is 11.3 Å². The number of hydrogen-bond donors (Lipinski definition) is 1. The summed E-state index contributed by atoms with van der Waals surface area (Å²) in [4.78, 5) is 32.6. The largest absolute Gasteiger partial charge is 0.326 e. The van der Waals surface area contributed by atoms with Crippen molar-refractivity contribution in [2.75, 3.05) is 11.9 Å². The predicted molar refractivity (Wildman–Crippen MR) is 114 cm³/mol. The molecule has 28 heavy (non-hydrogen) atoms. The molecule has 1 aliphatic rings. The number of nitrogens with one attached hydrogen (secondary N) is 1. The molecule has 0 spiro atoms. The van der Waals surface area contributed by atoms with Gasteiger partial charge in [0.15, 0.2) is 0 Å². The zero-order valence-electron chi connectivity index (χ0n) is 15.6. The molecule has 0 bridgehead atoms. The van der Waals surface area contributed by atoms with E-state index in [9.17, 15) is 9.59 Å². The Morgan fingerprint density at radius 2 is 1.96 bits per heavy atom. The lowest BCUT2D eigenvalue weighted by Gasteiger charge is -2.34. The fourth-order valence-electron chi connectivity index (χ4n) is 3.43. The highest BCUT2D eigenvalue weighted by Crippen LogP contribution is 2.25. The molecule has 1 saturated heterocycles. The summed E-state index contributed by atoms with van der Waals surface area (Å²) >= 11 is 3.03. The number of hydrogen-bond acceptors (Lipinski definition) is 5. The molecular weight excluding hydrogens is 390 g/mol. The molecule has 2 amide bonds. The van der Waals surface area contributed by atoms with Gasteiger partial charge < -0.3 is 10.2 Å². The van der Waals surface area contributed by atoms with Crippen LogP contribution in [0.3, 0.4) is 0 Å². The summed E-state index contributed by atoms with van der Waals surface area (Å²) in [6.45, 7) is 2.60. The lowest BCUT2D eigenvalue weighted by molar-refractivity contribution is -0.121. The van der Waals surface area contributed by atoms with Crippen LogP contribution in [0.2, 0.25) is 0 Å². The summed E-state index contributed by atoms with van der Waals surface area (Å²) in [5, 5.41) is 7.92. The second-order valence-corrected chi connectivity index (χ2v) is 8.82. The molecule has 1 atom stereocenters. The summed E-state index contributed by atoms with van der Waals surface area (Å²) in [7, 11) is 0. The molecular formula is C21H21N3O2S2. The van der Waals surface area contributed by atoms with Crippen LogP contribution < -0.4 is 5.32 Å². The number of carbonyl (C=O) groups is 2. The summed E-state index contributed by atoms with van der Waals surface area (Å²) in [6, 6.07) is 10.9. The SMILES string of the molecule is Cc1nc(-c2ccc(NC(=O)C3CCCCN3C(=O)c3cccs3)cc2)cs1. The molecule has 0 aliphatic carbocycles. The van der Waals surface area contributed by atoms with Gasteiger partial charge >= 0.3 is 0 Å². The number of anilines is 1. The Morgan fingerprint density at radius 1 is 1.14 bits per heavy atom. The second-order valence-electron chi connectivity index (χ2n) is 6.81. The first-order valence-corrected chi connectivity index (χ1v) is 11.1. The van der Waals surface area contributed by atoms with Gasteiger partial charge in [-0.15, -0.1) is 22.7 Å². The van der Waals surface area contributed by atoms with Gasteiger partial charge in [-0.2, -0.15) is 0 Å². The van der Waals surface area contributed by atoms with Crippen LogP contribution in [0.5, 0.6) is 0 Å². The second kappa shape index (κ2) is 8.24. The van der Waals surface area contributed by atoms with Gasteiger partial charge in [-0.1, -0.05) is 18.2 Å². The van der Waals surface area contributed by atoms with Crippen LogP contribution in [0.1, 0.15) is 33.9 Å². The van der Waals surface area contributed by atoms with Gasteiger partial charge in [-0.25, -0.2) is 4.98 Å². The zero-order valence-corrected chi connectivity index (χ0v) is 17.2. The van der Waals surface area contributed by atoms with Crippen molar-refractivity contribution in [1.82, 2.24) is 9.88 Å². The molecule has 7 heteroatoms. The fraction of sp³-hybridized carbons (Fsp3) is 0.286. The van der Waals surface area contributed by atoms with Gasteiger partial charge in [0.05, 0.1) is 15.6 Å². The number of benzene rings is 1. The van der Waals surface area contributed by atoms with Crippen LogP contribution in [-0.2, 0) is 4.79 Å². The average Bonchev–Trinajstić information content (AvgIpc) is 3.40. The third kappa shape index (κ3) is 4.00. The molecule has 4 rings (SSSR count). The molecule has 1 aromatic carbocycles. The number of thiazole rings is 1. The van der Waals surface area contributed by atoms with Crippen molar-refractivity contribution in [2.45, 2.75) is 32.2 Å². The molecule has 1 unspecified atom stereocenters. The van der Waals surface area contributed by atoms with Gasteiger partial charge in [-0.3, -0.25) is 9.59 Å². The normalized spacial score (nSPS) is 16.8. The number of carbonyl (C=O) groups excluding carboxylic acids is 2. The first kappa shape index (κ1) is 18.8. The van der Waals surface area contributed by atoms with E-state index in [1.165, 1.54) is 11.3 Å². The van der Waals surface area contributed by atoms with Crippen molar-refractivity contribution < 1.29 is 9.59 Å². The van der Waals surface area contributed by atoms with Gasteiger partial charge in [0, 0.05) is 23.2 Å². The van der Waals surface area contributed by atoms with E-state index in [1.54, 1.807) is 16.2 Å². The van der Waals surface area contributed by atoms with E-state index in [2.05, 4.69) is 10.3 Å². The summed E-state index contributed by atoms with van der Waals surface area (Å²) < 4.78 is 0. The third-order valence-corrected chi connectivity index (χ3v) is 6.50. The Hall–Kier alpha value is -2.51. The van der Waals surface area contributed by atoms with Crippen LogP contribution in [0.4, 0.5) is 5.69 Å². The average molecular weight is 412 g/mol. The quantitative estimate of drug-likeness (QED) is 0.670. The number of likely N-dealkylation sites (tertiary alicyclic amines) is 1. The van der Waals surface area contributed by atoms with E-state index in [0.29, 0.717) is 17.8 Å². The molecule has 0 saturated carbocycles. The van der Waals surface area contributed by atoms with Gasteiger partial charge in [0.1, 0.15) is 6.04 Å². The van der Waals surface area contributed by atoms with E-state index >= 15 is 0 Å². The number of piperidine rings is 1. The third-order valence-electron chi connectivity index (χ3n) is 4.87. The van der Waals surface area contributed by atoms with E-state index < -0.39 is 6.04 Å². The monoisotopic (exact) mass is 411 g/mol. The van der Waals surface area contributed by atoms with Gasteiger partial charge in [0.2, 0.25) is 5.91 Å². The maximum atomic E-state index is 12.9. The maximum Gasteiger partial charge on any atom is 0.264 e. The van der Waals surface area contributed by atoms with E-state index in [0.717, 1.165) is 34.8 Å². The highest BCUT2D eigenvalue weighted by Gasteiger charge is 2.33. The summed E-state index contributed by atoms with van der Waals surface area (Å²) in [5.41, 5.74) is 2.70. The van der Waals surface area contributed by atoms with Gasteiger partial charge in [-0.05, 0) is 49.8 Å². The Labute approximate surface area is 172 Å². The van der Waals surface area contributed by atoms with Crippen molar-refractivity contribution in [2.24, 2.45) is 0 Å². The van der Waals surface area contributed by atoms with E-state index in [1.807, 2.05) is 54.1 Å². The molecule has 3 heterocycles. The van der Waals surface area contributed by atoms with Crippen LogP contribution in [-0.4, -0.2) is 34.3 Å². The number of aromatic nitrogens is 1. The number of rotatable bonds is 4. The number of nitrogens with zero attached hydrogens (tertiary/aromatic N) is 2. The Balaban J connectivity index is 1.46. The van der Waals surface area contributed by atoms with Crippen molar-refractivity contribution >= 4 is 40.2 Å². The minimum Gasteiger partial charge on any atom is -0.326 e. The lowest BCUT2D eigenvalue weighted by Crippen LogP contribution is -2.49. The molecule has 5 nitrogen and oxygen atoms in total. The minimum absolute atomic E-state index is 0.0518. The highest BCUT2D eigenvalue weighted by molar-refractivity contribution is 7.12. The number of aryl methyl sites for hydroxylation is 1. The highest BCUT2D eigenvalue weighted by atomic mass is 32.1. The molecule has 0 radical (unpaired) electrons. The van der Waals surface area contributed by atoms with Crippen LogP contribution >= 0.6 is 22.7 Å². The number of amides is 2. The van der Waals surface area contributed by atoms with Crippen LogP contribution in [0.15, 0.2) is 47.2 Å². The first-order valence-electron chi connectivity index (χ1n) is 9.30. The Kier molecular flexibility index (Phi) is 5.54. The molecule has 3 aromatic rings. The van der Waals surface area contributed by atoms with Crippen molar-refractivity contribution in [3.63, 3.8) is 0 Å². The lowest BCUT2D eigenvalue weighted by atomic mass is 10.0. The van der Waals surface area contributed by atoms with Crippen molar-refractivity contribution in [1.29, 1.82) is 0 Å². The molecule has 1 fully saturated rings. The zero-order chi connectivity index (χ0) is 19.5. The smallest absolute Gasteiger partial charge is 0.264 e. The minimum atomic E-state index is -0.427. The standard InChI is InChI=1S/C21H21N3O2S2/c1-14-22-17(13-28-14)15-7-9-16(10-8-15)23-20(25)18-5-2-3-11-24(18)21(26)19-6-4-12-27-19/h4,6-10,12-13,18H,2-3,5,11H2,1H3,(H,23,25).